The molecule has 0 fully saturated rings. The first-order valence-electron chi connectivity index (χ1n) is 6.67. The van der Waals surface area contributed by atoms with Gasteiger partial charge in [-0.3, -0.25) is 0 Å². The van der Waals surface area contributed by atoms with Crippen LogP contribution in [0.2, 0.25) is 0 Å². The number of thioether (sulfide) groups is 1. The van der Waals surface area contributed by atoms with Gasteiger partial charge in [0.1, 0.15) is 0 Å². The molecule has 0 saturated heterocycles. The Bertz CT molecular complexity index is 495. The van der Waals surface area contributed by atoms with E-state index in [1.807, 2.05) is 11.8 Å². The molecule has 18 heavy (non-hydrogen) atoms. The van der Waals surface area contributed by atoms with E-state index >= 15 is 0 Å². The maximum atomic E-state index is 5.92. The second kappa shape index (κ2) is 6.81. The number of nitrogens with two attached hydrogens (primary N) is 1. The first kappa shape index (κ1) is 13.4. The molecule has 0 amide bonds. The Balaban J connectivity index is 1.88. The molecule has 0 saturated carbocycles. The summed E-state index contributed by atoms with van der Waals surface area (Å²) in [5, 5.41) is 2.64. The molecule has 2 aromatic rings. The Morgan fingerprint density at radius 1 is 1.11 bits per heavy atom. The number of hydrogen-bond donors (Lipinski definition) is 1. The fraction of sp³-hybridized carbons (Fsp3) is 0.375. The summed E-state index contributed by atoms with van der Waals surface area (Å²) in [5.74, 6) is 1.16. The molecule has 2 N–H and O–H groups in total. The highest BCUT2D eigenvalue weighted by Gasteiger charge is 2.00. The minimum atomic E-state index is 0.377. The van der Waals surface area contributed by atoms with Crippen LogP contribution in [0.5, 0.6) is 0 Å². The summed E-state index contributed by atoms with van der Waals surface area (Å²) >= 11 is 1.93. The van der Waals surface area contributed by atoms with E-state index in [9.17, 15) is 0 Å². The SMILES string of the molecule is CCC(N)CCCSc1ccc2ccccc2c1. The third kappa shape index (κ3) is 3.76. The standard InChI is InChI=1S/C16H21NS/c1-2-15(17)8-5-11-18-16-10-9-13-6-3-4-7-14(13)12-16/h3-4,6-7,9-10,12,15H,2,5,8,11,17H2,1H3. The Morgan fingerprint density at radius 3 is 2.67 bits per heavy atom. The van der Waals surface area contributed by atoms with E-state index in [-0.39, 0.29) is 0 Å². The Kier molecular flexibility index (Phi) is 5.09. The average Bonchev–Trinajstić information content (AvgIpc) is 2.43. The molecule has 96 valence electrons. The second-order valence-corrected chi connectivity index (χ2v) is 5.84. The molecule has 2 rings (SSSR count). The van der Waals surface area contributed by atoms with Gasteiger partial charge in [0.15, 0.2) is 0 Å². The highest BCUT2D eigenvalue weighted by atomic mass is 32.2. The number of rotatable bonds is 6. The third-order valence-corrected chi connectivity index (χ3v) is 4.31. The molecule has 0 aromatic heterocycles. The fourth-order valence-electron chi connectivity index (χ4n) is 2.00. The van der Waals surface area contributed by atoms with Crippen molar-refractivity contribution in [3.63, 3.8) is 0 Å². The van der Waals surface area contributed by atoms with Crippen LogP contribution >= 0.6 is 11.8 Å². The van der Waals surface area contributed by atoms with Crippen molar-refractivity contribution < 1.29 is 0 Å². The van der Waals surface area contributed by atoms with Crippen molar-refractivity contribution in [2.75, 3.05) is 5.75 Å². The van der Waals surface area contributed by atoms with Gasteiger partial charge >= 0.3 is 0 Å². The van der Waals surface area contributed by atoms with Gasteiger partial charge in [0.05, 0.1) is 0 Å². The normalized spacial score (nSPS) is 12.8. The molecule has 2 heteroatoms. The predicted molar refractivity (Wildman–Crippen MR) is 82.2 cm³/mol. The van der Waals surface area contributed by atoms with Gasteiger partial charge in [0.25, 0.3) is 0 Å². The topological polar surface area (TPSA) is 26.0 Å². The second-order valence-electron chi connectivity index (χ2n) is 4.67. The Labute approximate surface area is 114 Å². The van der Waals surface area contributed by atoms with Gasteiger partial charge in [-0.05, 0) is 47.9 Å². The van der Waals surface area contributed by atoms with Crippen LogP contribution in [0.25, 0.3) is 10.8 Å². The van der Waals surface area contributed by atoms with Crippen molar-refractivity contribution in [3.05, 3.63) is 42.5 Å². The van der Waals surface area contributed by atoms with E-state index < -0.39 is 0 Å². The van der Waals surface area contributed by atoms with Crippen LogP contribution in [0, 0.1) is 0 Å². The van der Waals surface area contributed by atoms with E-state index in [0.29, 0.717) is 6.04 Å². The van der Waals surface area contributed by atoms with Crippen LogP contribution in [0.4, 0.5) is 0 Å². The Hall–Kier alpha value is -0.990. The number of fused-ring (bicyclic) bond motifs is 1. The molecule has 0 bridgehead atoms. The number of hydrogen-bond acceptors (Lipinski definition) is 2. The van der Waals surface area contributed by atoms with Crippen LogP contribution in [0.3, 0.4) is 0 Å². The van der Waals surface area contributed by atoms with E-state index in [0.717, 1.165) is 18.6 Å². The van der Waals surface area contributed by atoms with Crippen LogP contribution in [-0.4, -0.2) is 11.8 Å². The lowest BCUT2D eigenvalue weighted by Crippen LogP contribution is -2.18. The van der Waals surface area contributed by atoms with Crippen LogP contribution in [-0.2, 0) is 0 Å². The van der Waals surface area contributed by atoms with Gasteiger partial charge in [-0.25, -0.2) is 0 Å². The number of benzene rings is 2. The summed E-state index contributed by atoms with van der Waals surface area (Å²) in [6, 6.07) is 15.6. The van der Waals surface area contributed by atoms with Crippen molar-refractivity contribution >= 4 is 22.5 Å². The molecule has 0 aliphatic rings. The molecule has 1 atom stereocenters. The zero-order chi connectivity index (χ0) is 12.8. The third-order valence-electron chi connectivity index (χ3n) is 3.23. The van der Waals surface area contributed by atoms with E-state index in [1.54, 1.807) is 0 Å². The minimum absolute atomic E-state index is 0.377. The molecule has 0 aliphatic carbocycles. The van der Waals surface area contributed by atoms with Gasteiger partial charge in [-0.15, -0.1) is 11.8 Å². The zero-order valence-electron chi connectivity index (χ0n) is 10.9. The van der Waals surface area contributed by atoms with Crippen LogP contribution < -0.4 is 5.73 Å². The van der Waals surface area contributed by atoms with Gasteiger partial charge in [0.2, 0.25) is 0 Å². The van der Waals surface area contributed by atoms with E-state index in [1.165, 1.54) is 22.1 Å². The first-order chi connectivity index (χ1) is 8.79. The van der Waals surface area contributed by atoms with Crippen molar-refractivity contribution in [2.45, 2.75) is 37.1 Å². The minimum Gasteiger partial charge on any atom is -0.328 e. The van der Waals surface area contributed by atoms with Crippen LogP contribution in [0.1, 0.15) is 26.2 Å². The summed E-state index contributed by atoms with van der Waals surface area (Å²) in [4.78, 5) is 1.36. The molecule has 0 aliphatic heterocycles. The summed E-state index contributed by atoms with van der Waals surface area (Å²) < 4.78 is 0. The van der Waals surface area contributed by atoms with Crippen molar-refractivity contribution in [1.82, 2.24) is 0 Å². The molecule has 1 nitrogen and oxygen atoms in total. The molecule has 0 radical (unpaired) electrons. The lowest BCUT2D eigenvalue weighted by Gasteiger charge is -2.08. The van der Waals surface area contributed by atoms with Crippen molar-refractivity contribution in [2.24, 2.45) is 5.73 Å². The molecule has 0 spiro atoms. The lowest BCUT2D eigenvalue weighted by molar-refractivity contribution is 0.589. The fourth-order valence-corrected chi connectivity index (χ4v) is 2.92. The molecule has 0 heterocycles. The molecule has 1 unspecified atom stereocenters. The van der Waals surface area contributed by atoms with Crippen molar-refractivity contribution in [1.29, 1.82) is 0 Å². The average molecular weight is 259 g/mol. The summed E-state index contributed by atoms with van der Waals surface area (Å²) in [5.41, 5.74) is 5.92. The molecular weight excluding hydrogens is 238 g/mol. The quantitative estimate of drug-likeness (QED) is 0.612. The maximum Gasteiger partial charge on any atom is 0.00783 e. The van der Waals surface area contributed by atoms with Gasteiger partial charge < -0.3 is 5.73 Å². The van der Waals surface area contributed by atoms with E-state index in [2.05, 4.69) is 49.4 Å². The maximum absolute atomic E-state index is 5.92. The highest BCUT2D eigenvalue weighted by Crippen LogP contribution is 2.24. The van der Waals surface area contributed by atoms with Gasteiger partial charge in [-0.1, -0.05) is 37.3 Å². The predicted octanol–water partition coefficient (Wildman–Crippen LogP) is 4.45. The Morgan fingerprint density at radius 2 is 1.89 bits per heavy atom. The summed E-state index contributed by atoms with van der Waals surface area (Å²) in [7, 11) is 0. The van der Waals surface area contributed by atoms with Gasteiger partial charge in [0, 0.05) is 10.9 Å². The largest absolute Gasteiger partial charge is 0.328 e. The smallest absolute Gasteiger partial charge is 0.00783 e. The monoisotopic (exact) mass is 259 g/mol. The van der Waals surface area contributed by atoms with E-state index in [4.69, 9.17) is 5.73 Å². The molecule has 2 aromatic carbocycles. The van der Waals surface area contributed by atoms with Gasteiger partial charge in [-0.2, -0.15) is 0 Å². The summed E-state index contributed by atoms with van der Waals surface area (Å²) in [6.45, 7) is 2.15. The van der Waals surface area contributed by atoms with Crippen LogP contribution in [0.15, 0.2) is 47.4 Å². The molecular formula is C16H21NS. The first-order valence-corrected chi connectivity index (χ1v) is 7.65. The highest BCUT2D eigenvalue weighted by molar-refractivity contribution is 7.99. The van der Waals surface area contributed by atoms with Crippen molar-refractivity contribution in [3.8, 4) is 0 Å². The lowest BCUT2D eigenvalue weighted by atomic mass is 10.1. The summed E-state index contributed by atoms with van der Waals surface area (Å²) in [6.07, 6.45) is 3.42. The zero-order valence-corrected chi connectivity index (χ0v) is 11.7.